The van der Waals surface area contributed by atoms with Crippen molar-refractivity contribution in [2.75, 3.05) is 68.2 Å². The normalized spacial score (nSPS) is 22.3. The Kier molecular flexibility index (Phi) is 9.17. The van der Waals surface area contributed by atoms with Crippen LogP contribution in [0, 0.1) is 0 Å². The third kappa shape index (κ3) is 7.06. The number of nitrogens with one attached hydrogen (secondary N) is 1. The number of nitrogens with zero attached hydrogens (tertiary/aromatic N) is 6. The zero-order chi connectivity index (χ0) is 30.7. The second-order valence-electron chi connectivity index (χ2n) is 11.4. The fraction of sp³-hybridized carbons (Fsp3) is 0.483. The lowest BCUT2D eigenvalue weighted by molar-refractivity contribution is 0.0833. The molecule has 44 heavy (non-hydrogen) atoms. The molecule has 0 amide bonds. The molecule has 3 fully saturated rings. The van der Waals surface area contributed by atoms with Gasteiger partial charge in [-0.25, -0.2) is 14.1 Å². The Labute approximate surface area is 256 Å². The highest BCUT2D eigenvalue weighted by atomic mass is 31.2. The molecule has 6 rings (SSSR count). The van der Waals surface area contributed by atoms with Gasteiger partial charge >= 0.3 is 7.82 Å². The largest absolute Gasteiger partial charge is 0.476 e. The summed E-state index contributed by atoms with van der Waals surface area (Å²) in [7, 11) is -4.67. The summed E-state index contributed by atoms with van der Waals surface area (Å²) in [6.07, 6.45) is 3.94. The lowest BCUT2D eigenvalue weighted by Gasteiger charge is -2.43. The second-order valence-corrected chi connectivity index (χ2v) is 12.6. The zero-order valence-electron chi connectivity index (χ0n) is 24.7. The molecule has 3 atom stereocenters. The summed E-state index contributed by atoms with van der Waals surface area (Å²) in [4.78, 5) is 29.6. The quantitative estimate of drug-likeness (QED) is 0.180. The van der Waals surface area contributed by atoms with E-state index in [1.54, 1.807) is 18.2 Å². The summed E-state index contributed by atoms with van der Waals surface area (Å²) in [6.45, 7) is 7.66. The van der Waals surface area contributed by atoms with Crippen LogP contribution in [-0.2, 0) is 9.09 Å². The first-order chi connectivity index (χ1) is 21.2. The highest BCUT2D eigenvalue weighted by molar-refractivity contribution is 7.46. The first kappa shape index (κ1) is 30.5. The van der Waals surface area contributed by atoms with E-state index in [1.165, 1.54) is 0 Å². The van der Waals surface area contributed by atoms with Gasteiger partial charge in [0.05, 0.1) is 11.4 Å². The van der Waals surface area contributed by atoms with Gasteiger partial charge in [0.1, 0.15) is 12.4 Å². The van der Waals surface area contributed by atoms with Crippen molar-refractivity contribution >= 4 is 25.0 Å². The van der Waals surface area contributed by atoms with E-state index >= 15 is 0 Å². The van der Waals surface area contributed by atoms with Crippen molar-refractivity contribution in [3.63, 3.8) is 0 Å². The Balaban J connectivity index is 1.13. The number of nitrogen functional groups attached to an aromatic ring is 1. The fourth-order valence-electron chi connectivity index (χ4n) is 6.38. The van der Waals surface area contributed by atoms with Crippen LogP contribution < -0.4 is 30.3 Å². The summed E-state index contributed by atoms with van der Waals surface area (Å²) in [6, 6.07) is 14.1. The van der Waals surface area contributed by atoms with Crippen molar-refractivity contribution in [3.05, 3.63) is 48.7 Å². The average Bonchev–Trinajstić information content (AvgIpc) is 3.27. The molecule has 0 radical (unpaired) electrons. The first-order valence-electron chi connectivity index (χ1n) is 14.9. The summed E-state index contributed by atoms with van der Waals surface area (Å²) in [5, 5.41) is 12.0. The highest BCUT2D eigenvalue weighted by Gasteiger charge is 2.41. The minimum absolute atomic E-state index is 0.280. The number of fused-ring (bicyclic) bond motifs is 2. The number of phosphoric ester groups is 1. The Morgan fingerprint density at radius 3 is 2.66 bits per heavy atom. The van der Waals surface area contributed by atoms with E-state index in [4.69, 9.17) is 25.0 Å². The third-order valence-electron chi connectivity index (χ3n) is 8.51. The van der Waals surface area contributed by atoms with E-state index in [-0.39, 0.29) is 12.1 Å². The maximum Gasteiger partial charge on any atom is 0.472 e. The van der Waals surface area contributed by atoms with Crippen molar-refractivity contribution in [2.45, 2.75) is 37.9 Å². The first-order valence-corrected chi connectivity index (χ1v) is 16.4. The monoisotopic (exact) mass is 626 g/mol. The summed E-state index contributed by atoms with van der Waals surface area (Å²) >= 11 is 0. The lowest BCUT2D eigenvalue weighted by atomic mass is 10.1. The average molecular weight is 627 g/mol. The van der Waals surface area contributed by atoms with Crippen molar-refractivity contribution in [1.82, 2.24) is 25.4 Å². The van der Waals surface area contributed by atoms with Gasteiger partial charge in [-0.2, -0.15) is 0 Å². The van der Waals surface area contributed by atoms with E-state index in [9.17, 15) is 4.57 Å². The summed E-state index contributed by atoms with van der Waals surface area (Å²) in [5.41, 5.74) is 9.39. The van der Waals surface area contributed by atoms with Crippen LogP contribution in [0.2, 0.25) is 0 Å². The molecule has 1 aromatic carbocycles. The molecule has 236 valence electrons. The lowest BCUT2D eigenvalue weighted by Crippen LogP contribution is -2.54. The molecule has 3 aliphatic heterocycles. The number of pyridine rings is 1. The predicted molar refractivity (Wildman–Crippen MR) is 166 cm³/mol. The number of ether oxygens (including phenoxy) is 2. The fourth-order valence-corrected chi connectivity index (χ4v) is 6.57. The maximum absolute atomic E-state index is 11.1. The van der Waals surface area contributed by atoms with E-state index in [0.29, 0.717) is 41.4 Å². The molecule has 0 aliphatic carbocycles. The van der Waals surface area contributed by atoms with Crippen LogP contribution in [-0.4, -0.2) is 101 Å². The van der Waals surface area contributed by atoms with E-state index in [0.717, 1.165) is 63.5 Å². The molecule has 2 aromatic heterocycles. The molecule has 0 saturated carbocycles. The zero-order valence-corrected chi connectivity index (χ0v) is 25.6. The minimum Gasteiger partial charge on any atom is -0.476 e. The molecule has 5 heterocycles. The number of anilines is 3. The minimum atomic E-state index is -4.67. The van der Waals surface area contributed by atoms with Crippen molar-refractivity contribution in [2.24, 2.45) is 0 Å². The van der Waals surface area contributed by atoms with E-state index in [2.05, 4.69) is 58.8 Å². The van der Waals surface area contributed by atoms with E-state index < -0.39 is 14.6 Å². The smallest absolute Gasteiger partial charge is 0.472 e. The number of hydrogen-bond acceptors (Lipinski definition) is 12. The van der Waals surface area contributed by atoms with Crippen LogP contribution in [0.15, 0.2) is 48.7 Å². The topological polar surface area (TPSA) is 172 Å². The number of phosphoric acid groups is 1. The Morgan fingerprint density at radius 2 is 1.89 bits per heavy atom. The van der Waals surface area contributed by atoms with Crippen LogP contribution in [0.25, 0.3) is 11.3 Å². The Hall–Kier alpha value is -3.52. The molecule has 14 nitrogen and oxygen atoms in total. The van der Waals surface area contributed by atoms with Gasteiger partial charge in [-0.15, -0.1) is 10.2 Å². The Bertz CT molecular complexity index is 1480. The van der Waals surface area contributed by atoms with Gasteiger partial charge < -0.3 is 40.1 Å². The van der Waals surface area contributed by atoms with Crippen molar-refractivity contribution in [1.29, 1.82) is 0 Å². The molecule has 0 spiro atoms. The van der Waals surface area contributed by atoms with Crippen molar-refractivity contribution in [3.8, 4) is 22.9 Å². The number of hydrogen-bond donors (Lipinski definition) is 4. The molecule has 3 aromatic rings. The summed E-state index contributed by atoms with van der Waals surface area (Å²) < 4.78 is 27.1. The van der Waals surface area contributed by atoms with Crippen LogP contribution >= 0.6 is 7.82 Å². The molecule has 2 bridgehead atoms. The molecule has 15 heteroatoms. The van der Waals surface area contributed by atoms with Gasteiger partial charge in [0.25, 0.3) is 0 Å². The number of piperazine rings is 2. The number of aromatic nitrogens is 3. The predicted octanol–water partition coefficient (Wildman–Crippen LogP) is 2.10. The second kappa shape index (κ2) is 13.2. The van der Waals surface area contributed by atoms with Crippen LogP contribution in [0.5, 0.6) is 11.6 Å². The van der Waals surface area contributed by atoms with Crippen LogP contribution in [0.4, 0.5) is 17.2 Å². The molecule has 3 aliphatic rings. The maximum atomic E-state index is 11.1. The summed E-state index contributed by atoms with van der Waals surface area (Å²) in [5.74, 6) is 1.34. The number of rotatable bonds is 11. The number of para-hydroxylation sites is 1. The van der Waals surface area contributed by atoms with Gasteiger partial charge in [0.2, 0.25) is 5.88 Å². The van der Waals surface area contributed by atoms with Crippen molar-refractivity contribution < 1.29 is 28.3 Å². The molecule has 3 unspecified atom stereocenters. The van der Waals surface area contributed by atoms with Gasteiger partial charge in [0.15, 0.2) is 12.6 Å². The SMILES string of the molecule is CC1CNCCN1CCOc1cc(N2C3CCC2CN(c2cc(-c4ccccc4OCOP(=O)(O)O)nnc2N)C3)ccn1. The highest BCUT2D eigenvalue weighted by Crippen LogP contribution is 2.40. The number of nitrogens with two attached hydrogens (primary N) is 1. The Morgan fingerprint density at radius 1 is 1.09 bits per heavy atom. The molecule has 3 saturated heterocycles. The van der Waals surface area contributed by atoms with Gasteiger partial charge in [0, 0.05) is 80.9 Å². The molecule has 5 N–H and O–H groups in total. The third-order valence-corrected chi connectivity index (χ3v) is 8.95. The van der Waals surface area contributed by atoms with Gasteiger partial charge in [-0.05, 0) is 44.0 Å². The number of benzene rings is 1. The van der Waals surface area contributed by atoms with Gasteiger partial charge in [-0.1, -0.05) is 12.1 Å². The standard InChI is InChI=1S/C29H39N8O6P/c1-20-16-31-10-11-35(20)12-13-41-28-14-21(8-9-32-28)37-22-6-7-23(37)18-36(17-22)26-15-25(33-34-29(26)30)24-4-2-3-5-27(24)42-19-43-44(38,39)40/h2-5,8-9,14-15,20,22-23,31H,6-7,10-13,16-19H2,1H3,(H2,30,34)(H2,38,39,40). The van der Waals surface area contributed by atoms with Crippen LogP contribution in [0.1, 0.15) is 19.8 Å². The molecular formula is C29H39N8O6P. The van der Waals surface area contributed by atoms with Crippen LogP contribution in [0.3, 0.4) is 0 Å². The van der Waals surface area contributed by atoms with E-state index in [1.807, 2.05) is 18.3 Å². The molecular weight excluding hydrogens is 587 g/mol. The van der Waals surface area contributed by atoms with Gasteiger partial charge in [-0.3, -0.25) is 4.90 Å².